The van der Waals surface area contributed by atoms with Crippen molar-refractivity contribution in [1.29, 1.82) is 0 Å². The molecule has 29 heavy (non-hydrogen) atoms. The van der Waals surface area contributed by atoms with Crippen LogP contribution in [0.15, 0.2) is 30.6 Å². The van der Waals surface area contributed by atoms with Crippen molar-refractivity contribution in [1.82, 2.24) is 9.97 Å². The monoisotopic (exact) mass is 390 g/mol. The zero-order chi connectivity index (χ0) is 19.8. The number of aromatic nitrogens is 2. The van der Waals surface area contributed by atoms with Gasteiger partial charge in [-0.05, 0) is 75.0 Å². The van der Waals surface area contributed by atoms with Crippen LogP contribution in [0.5, 0.6) is 0 Å². The minimum atomic E-state index is 0.101. The minimum Gasteiger partial charge on any atom is -0.341 e. The molecule has 0 radical (unpaired) electrons. The average molecular weight is 391 g/mol. The van der Waals surface area contributed by atoms with Crippen molar-refractivity contribution in [3.8, 4) is 0 Å². The van der Waals surface area contributed by atoms with Gasteiger partial charge in [0.05, 0.1) is 0 Å². The van der Waals surface area contributed by atoms with Crippen molar-refractivity contribution >= 4 is 17.5 Å². The fraction of sp³-hybridized carbons (Fsp3) is 0.542. The molecule has 152 valence electrons. The van der Waals surface area contributed by atoms with Gasteiger partial charge < -0.3 is 9.80 Å². The van der Waals surface area contributed by atoms with Crippen LogP contribution in [0.4, 0.5) is 11.6 Å². The lowest BCUT2D eigenvalue weighted by atomic mass is 9.94. The van der Waals surface area contributed by atoms with Gasteiger partial charge >= 0.3 is 0 Å². The molecule has 1 aliphatic carbocycles. The molecule has 2 fully saturated rings. The zero-order valence-corrected chi connectivity index (χ0v) is 17.3. The Morgan fingerprint density at radius 1 is 1.00 bits per heavy atom. The number of carbonyl (C=O) groups excluding carboxylic acids is 1. The van der Waals surface area contributed by atoms with Gasteiger partial charge in [-0.15, -0.1) is 0 Å². The molecule has 5 heteroatoms. The lowest BCUT2D eigenvalue weighted by Crippen LogP contribution is -2.43. The Labute approximate surface area is 173 Å². The van der Waals surface area contributed by atoms with Crippen LogP contribution in [-0.4, -0.2) is 35.5 Å². The second kappa shape index (κ2) is 7.77. The number of fused-ring (bicyclic) bond motifs is 1. The van der Waals surface area contributed by atoms with Gasteiger partial charge in [-0.25, -0.2) is 9.97 Å². The molecule has 0 unspecified atom stereocenters. The highest BCUT2D eigenvalue weighted by atomic mass is 16.2. The molecule has 0 bridgehead atoms. The number of hydrogen-bond acceptors (Lipinski definition) is 4. The Bertz CT molecular complexity index is 882. The first-order valence-corrected chi connectivity index (χ1v) is 11.2. The maximum atomic E-state index is 13.4. The van der Waals surface area contributed by atoms with Crippen molar-refractivity contribution in [3.05, 3.63) is 47.3 Å². The van der Waals surface area contributed by atoms with E-state index in [0.717, 1.165) is 63.4 Å². The summed E-state index contributed by atoms with van der Waals surface area (Å²) < 4.78 is 0. The van der Waals surface area contributed by atoms with E-state index >= 15 is 0 Å². The summed E-state index contributed by atoms with van der Waals surface area (Å²) in [6.07, 6.45) is 11.6. The highest BCUT2D eigenvalue weighted by molar-refractivity contribution is 5.96. The summed E-state index contributed by atoms with van der Waals surface area (Å²) in [5.74, 6) is 1.91. The number of rotatable bonds is 3. The molecule has 1 saturated carbocycles. The van der Waals surface area contributed by atoms with Gasteiger partial charge in [-0.3, -0.25) is 4.79 Å². The first-order chi connectivity index (χ1) is 14.2. The maximum absolute atomic E-state index is 13.4. The van der Waals surface area contributed by atoms with E-state index in [1.54, 1.807) is 0 Å². The highest BCUT2D eigenvalue weighted by Crippen LogP contribution is 2.39. The van der Waals surface area contributed by atoms with Crippen molar-refractivity contribution in [2.45, 2.75) is 57.8 Å². The SMILES string of the molecule is Cc1ccc2c(c1)CCCCN2C(=O)C1CCN(c2ncc(C3CC3)cn2)CC1. The van der Waals surface area contributed by atoms with Gasteiger partial charge in [0.15, 0.2) is 0 Å². The predicted molar refractivity (Wildman–Crippen MR) is 115 cm³/mol. The zero-order valence-electron chi connectivity index (χ0n) is 17.3. The van der Waals surface area contributed by atoms with Gasteiger partial charge in [0.2, 0.25) is 11.9 Å². The molecule has 2 aromatic rings. The van der Waals surface area contributed by atoms with Crippen molar-refractivity contribution in [3.63, 3.8) is 0 Å². The van der Waals surface area contributed by atoms with E-state index in [-0.39, 0.29) is 5.92 Å². The molecular formula is C24H30N4O. The number of benzene rings is 1. The van der Waals surface area contributed by atoms with Crippen LogP contribution in [0, 0.1) is 12.8 Å². The van der Waals surface area contributed by atoms with E-state index in [0.29, 0.717) is 11.8 Å². The van der Waals surface area contributed by atoms with E-state index in [1.807, 2.05) is 12.4 Å². The molecule has 0 spiro atoms. The maximum Gasteiger partial charge on any atom is 0.230 e. The highest BCUT2D eigenvalue weighted by Gasteiger charge is 2.32. The molecule has 1 aromatic heterocycles. The fourth-order valence-corrected chi connectivity index (χ4v) is 4.78. The molecule has 5 nitrogen and oxygen atoms in total. The van der Waals surface area contributed by atoms with Gasteiger partial charge in [0, 0.05) is 43.6 Å². The Kier molecular flexibility index (Phi) is 4.98. The largest absolute Gasteiger partial charge is 0.341 e. The molecule has 2 aliphatic heterocycles. The Balaban J connectivity index is 1.25. The Morgan fingerprint density at radius 2 is 1.76 bits per heavy atom. The summed E-state index contributed by atoms with van der Waals surface area (Å²) in [5.41, 5.74) is 5.02. The van der Waals surface area contributed by atoms with E-state index in [4.69, 9.17) is 0 Å². The number of piperidine rings is 1. The smallest absolute Gasteiger partial charge is 0.230 e. The number of amides is 1. The first kappa shape index (κ1) is 18.6. The van der Waals surface area contributed by atoms with E-state index in [9.17, 15) is 4.79 Å². The number of carbonyl (C=O) groups is 1. The quantitative estimate of drug-likeness (QED) is 0.786. The molecule has 0 atom stereocenters. The Morgan fingerprint density at radius 3 is 2.48 bits per heavy atom. The average Bonchev–Trinajstić information content (AvgIpc) is 3.61. The van der Waals surface area contributed by atoms with E-state index in [1.165, 1.54) is 29.5 Å². The number of hydrogen-bond donors (Lipinski definition) is 0. The van der Waals surface area contributed by atoms with Gasteiger partial charge in [-0.2, -0.15) is 0 Å². The number of nitrogens with zero attached hydrogens (tertiary/aromatic N) is 4. The van der Waals surface area contributed by atoms with Crippen molar-refractivity contribution in [2.24, 2.45) is 5.92 Å². The number of aryl methyl sites for hydroxylation is 2. The lowest BCUT2D eigenvalue weighted by molar-refractivity contribution is -0.123. The molecule has 0 N–H and O–H groups in total. The predicted octanol–water partition coefficient (Wildman–Crippen LogP) is 4.25. The summed E-state index contributed by atoms with van der Waals surface area (Å²) in [4.78, 5) is 26.9. The van der Waals surface area contributed by atoms with Crippen LogP contribution in [-0.2, 0) is 11.2 Å². The summed E-state index contributed by atoms with van der Waals surface area (Å²) >= 11 is 0. The Hall–Kier alpha value is -2.43. The van der Waals surface area contributed by atoms with Gasteiger partial charge in [-0.1, -0.05) is 17.7 Å². The summed E-state index contributed by atoms with van der Waals surface area (Å²) in [5, 5.41) is 0. The molecule has 1 aromatic carbocycles. The summed E-state index contributed by atoms with van der Waals surface area (Å²) in [7, 11) is 0. The number of anilines is 2. The molecule has 5 rings (SSSR count). The van der Waals surface area contributed by atoms with Crippen LogP contribution in [0.2, 0.25) is 0 Å². The minimum absolute atomic E-state index is 0.101. The molecule has 3 heterocycles. The third-order valence-electron chi connectivity index (χ3n) is 6.70. The lowest BCUT2D eigenvalue weighted by Gasteiger charge is -2.34. The third kappa shape index (κ3) is 3.87. The van der Waals surface area contributed by atoms with Crippen LogP contribution in [0.1, 0.15) is 61.1 Å². The van der Waals surface area contributed by atoms with E-state index in [2.05, 4.69) is 44.9 Å². The standard InChI is InChI=1S/C24H30N4O/c1-17-5-8-22-20(14-17)4-2-3-11-28(22)23(29)19-9-12-27(13-10-19)24-25-15-21(16-26-24)18-6-7-18/h5,8,14-16,18-19H,2-4,6-7,9-13H2,1H3. The van der Waals surface area contributed by atoms with Crippen LogP contribution < -0.4 is 9.80 Å². The fourth-order valence-electron chi connectivity index (χ4n) is 4.78. The molecular weight excluding hydrogens is 360 g/mol. The first-order valence-electron chi connectivity index (χ1n) is 11.2. The van der Waals surface area contributed by atoms with Crippen molar-refractivity contribution < 1.29 is 4.79 Å². The van der Waals surface area contributed by atoms with Crippen LogP contribution in [0.25, 0.3) is 0 Å². The van der Waals surface area contributed by atoms with Gasteiger partial charge in [0.25, 0.3) is 0 Å². The third-order valence-corrected chi connectivity index (χ3v) is 6.70. The van der Waals surface area contributed by atoms with Crippen LogP contribution in [0.3, 0.4) is 0 Å². The second-order valence-electron chi connectivity index (χ2n) is 8.93. The van der Waals surface area contributed by atoms with Crippen LogP contribution >= 0.6 is 0 Å². The second-order valence-corrected chi connectivity index (χ2v) is 8.93. The molecule has 3 aliphatic rings. The van der Waals surface area contributed by atoms with E-state index < -0.39 is 0 Å². The summed E-state index contributed by atoms with van der Waals surface area (Å²) in [6.45, 7) is 4.69. The summed E-state index contributed by atoms with van der Waals surface area (Å²) in [6, 6.07) is 6.54. The molecule has 1 amide bonds. The topological polar surface area (TPSA) is 49.3 Å². The van der Waals surface area contributed by atoms with Crippen molar-refractivity contribution in [2.75, 3.05) is 29.4 Å². The molecule has 1 saturated heterocycles. The normalized spacial score (nSPS) is 20.3. The van der Waals surface area contributed by atoms with Gasteiger partial charge in [0.1, 0.15) is 0 Å².